The van der Waals surface area contributed by atoms with E-state index in [-0.39, 0.29) is 39.8 Å². The Hall–Kier alpha value is -3.16. The predicted octanol–water partition coefficient (Wildman–Crippen LogP) is 6.62. The van der Waals surface area contributed by atoms with Gasteiger partial charge in [-0.15, -0.1) is 0 Å². The highest BCUT2D eigenvalue weighted by Crippen LogP contribution is 2.44. The number of benzene rings is 3. The molecular formula is C27H25ClFN3O2S. The second-order valence-corrected chi connectivity index (χ2v) is 10.1. The van der Waals surface area contributed by atoms with Crippen LogP contribution in [0.15, 0.2) is 55.1 Å². The summed E-state index contributed by atoms with van der Waals surface area (Å²) < 4.78 is 20.5. The third kappa shape index (κ3) is 3.93. The van der Waals surface area contributed by atoms with Crippen LogP contribution >= 0.6 is 23.1 Å². The molecule has 5 nitrogen and oxygen atoms in total. The molecule has 1 saturated heterocycles. The van der Waals surface area contributed by atoms with Gasteiger partial charge in [0.15, 0.2) is 5.82 Å². The van der Waals surface area contributed by atoms with Gasteiger partial charge in [0.2, 0.25) is 5.91 Å². The van der Waals surface area contributed by atoms with Crippen LogP contribution in [0, 0.1) is 5.82 Å². The molecular weight excluding hydrogens is 485 g/mol. The van der Waals surface area contributed by atoms with Crippen molar-refractivity contribution in [1.82, 2.24) is 9.27 Å². The fourth-order valence-electron chi connectivity index (χ4n) is 5.15. The lowest BCUT2D eigenvalue weighted by Gasteiger charge is -2.45. The lowest BCUT2D eigenvalue weighted by molar-refractivity contribution is -0.131. The van der Waals surface area contributed by atoms with Crippen molar-refractivity contribution in [2.45, 2.75) is 32.4 Å². The Labute approximate surface area is 212 Å². The quantitative estimate of drug-likeness (QED) is 0.314. The number of halogens is 2. The van der Waals surface area contributed by atoms with E-state index < -0.39 is 5.82 Å². The van der Waals surface area contributed by atoms with Crippen LogP contribution in [0.25, 0.3) is 32.8 Å². The highest BCUT2D eigenvalue weighted by Gasteiger charge is 2.35. The van der Waals surface area contributed by atoms with E-state index in [0.29, 0.717) is 24.0 Å². The minimum absolute atomic E-state index is 0.0136. The summed E-state index contributed by atoms with van der Waals surface area (Å²) in [4.78, 5) is 16.5. The van der Waals surface area contributed by atoms with Gasteiger partial charge in [0.1, 0.15) is 16.3 Å². The Bertz CT molecular complexity index is 1470. The van der Waals surface area contributed by atoms with E-state index in [1.807, 2.05) is 36.1 Å². The van der Waals surface area contributed by atoms with Crippen LogP contribution in [0.2, 0.25) is 5.02 Å². The number of nitrogens with zero attached hydrogens (tertiary/aromatic N) is 3. The Morgan fingerprint density at radius 2 is 2.06 bits per heavy atom. The van der Waals surface area contributed by atoms with Crippen molar-refractivity contribution in [3.05, 3.63) is 66.0 Å². The highest BCUT2D eigenvalue weighted by atomic mass is 35.5. The van der Waals surface area contributed by atoms with Crippen LogP contribution in [0.3, 0.4) is 0 Å². The first kappa shape index (κ1) is 23.6. The molecule has 0 bridgehead atoms. The number of phenols is 1. The molecule has 180 valence electrons. The number of piperazine rings is 1. The summed E-state index contributed by atoms with van der Waals surface area (Å²) in [6.45, 7) is 8.93. The first-order valence-electron chi connectivity index (χ1n) is 11.5. The SMILES string of the molecule is C=CC(=O)N1[C@@H](CC)CN(c2snc3c(F)c(-c4cc(O)cc5ccccc45)c(Cl)cc23)C[C@H]1C. The summed E-state index contributed by atoms with van der Waals surface area (Å²) in [5.74, 6) is -0.540. The van der Waals surface area contributed by atoms with Crippen molar-refractivity contribution in [3.63, 3.8) is 0 Å². The molecule has 1 amide bonds. The van der Waals surface area contributed by atoms with Crippen molar-refractivity contribution in [1.29, 1.82) is 0 Å². The molecule has 1 aliphatic heterocycles. The number of rotatable bonds is 4. The third-order valence-electron chi connectivity index (χ3n) is 6.73. The van der Waals surface area contributed by atoms with Gasteiger partial charge in [-0.05, 0) is 65.5 Å². The maximum Gasteiger partial charge on any atom is 0.246 e. The molecule has 35 heavy (non-hydrogen) atoms. The maximum atomic E-state index is 16.0. The van der Waals surface area contributed by atoms with E-state index in [0.717, 1.165) is 22.2 Å². The summed E-state index contributed by atoms with van der Waals surface area (Å²) in [5, 5.41) is 13.6. The van der Waals surface area contributed by atoms with Crippen molar-refractivity contribution >= 4 is 55.7 Å². The molecule has 2 heterocycles. The fraction of sp³-hybridized carbons (Fsp3) is 0.259. The number of aromatic hydroxyl groups is 1. The van der Waals surface area contributed by atoms with Gasteiger partial charge in [-0.1, -0.05) is 49.4 Å². The smallest absolute Gasteiger partial charge is 0.246 e. The summed E-state index contributed by atoms with van der Waals surface area (Å²) in [6.07, 6.45) is 2.15. The molecule has 1 aromatic heterocycles. The van der Waals surface area contributed by atoms with Gasteiger partial charge in [0.05, 0.1) is 5.02 Å². The Morgan fingerprint density at radius 1 is 1.29 bits per heavy atom. The van der Waals surface area contributed by atoms with E-state index in [9.17, 15) is 9.90 Å². The second-order valence-electron chi connectivity index (χ2n) is 8.91. The van der Waals surface area contributed by atoms with E-state index in [4.69, 9.17) is 11.6 Å². The van der Waals surface area contributed by atoms with Crippen LogP contribution in [0.5, 0.6) is 5.75 Å². The van der Waals surface area contributed by atoms with Gasteiger partial charge in [-0.25, -0.2) is 4.39 Å². The van der Waals surface area contributed by atoms with Crippen LogP contribution in [-0.2, 0) is 4.79 Å². The van der Waals surface area contributed by atoms with Crippen LogP contribution in [0.4, 0.5) is 9.39 Å². The molecule has 0 saturated carbocycles. The zero-order chi connectivity index (χ0) is 24.9. The molecule has 0 radical (unpaired) electrons. The molecule has 1 aliphatic rings. The zero-order valence-electron chi connectivity index (χ0n) is 19.5. The summed E-state index contributed by atoms with van der Waals surface area (Å²) in [7, 11) is 0. The van der Waals surface area contributed by atoms with E-state index in [1.165, 1.54) is 23.7 Å². The zero-order valence-corrected chi connectivity index (χ0v) is 21.0. The van der Waals surface area contributed by atoms with Crippen molar-refractivity contribution < 1.29 is 14.3 Å². The molecule has 1 N–H and O–H groups in total. The van der Waals surface area contributed by atoms with E-state index in [2.05, 4.69) is 22.8 Å². The van der Waals surface area contributed by atoms with Gasteiger partial charge in [0, 0.05) is 36.1 Å². The number of hydrogen-bond acceptors (Lipinski definition) is 5. The van der Waals surface area contributed by atoms with E-state index in [1.54, 1.807) is 12.1 Å². The standard InChI is InChI=1S/C27H25ClFN3O2S/c1-4-17-14-31(13-15(3)32(17)23(34)5-2)27-21-12-22(28)24(25(29)26(21)30-35-27)20-11-18(33)10-16-8-6-7-9-19(16)20/h5-12,15,17,33H,2,4,13-14H2,1,3H3/t15-,17+/m1/s1. The van der Waals surface area contributed by atoms with Crippen molar-refractivity contribution in [3.8, 4) is 16.9 Å². The normalized spacial score (nSPS) is 18.4. The number of aromatic nitrogens is 1. The number of amides is 1. The van der Waals surface area contributed by atoms with Gasteiger partial charge in [-0.2, -0.15) is 4.37 Å². The number of fused-ring (bicyclic) bond motifs is 2. The lowest BCUT2D eigenvalue weighted by atomic mass is 9.96. The molecule has 0 unspecified atom stereocenters. The number of phenolic OH excluding ortho intramolecular Hbond substituents is 1. The Morgan fingerprint density at radius 3 is 2.80 bits per heavy atom. The second kappa shape index (κ2) is 9.13. The summed E-state index contributed by atoms with van der Waals surface area (Å²) in [6, 6.07) is 12.4. The maximum absolute atomic E-state index is 16.0. The number of carbonyl (C=O) groups excluding carboxylic acids is 1. The predicted molar refractivity (Wildman–Crippen MR) is 142 cm³/mol. The average molecular weight is 510 g/mol. The summed E-state index contributed by atoms with van der Waals surface area (Å²) >= 11 is 7.94. The molecule has 0 aliphatic carbocycles. The highest BCUT2D eigenvalue weighted by molar-refractivity contribution is 7.11. The molecule has 1 fully saturated rings. The molecule has 0 spiro atoms. The Kier molecular flexibility index (Phi) is 6.15. The third-order valence-corrected chi connectivity index (χ3v) is 7.96. The van der Waals surface area contributed by atoms with Crippen LogP contribution < -0.4 is 4.90 Å². The van der Waals surface area contributed by atoms with Crippen LogP contribution in [0.1, 0.15) is 20.3 Å². The average Bonchev–Trinajstić information content (AvgIpc) is 3.26. The molecule has 3 aromatic carbocycles. The molecule has 4 aromatic rings. The fourth-order valence-corrected chi connectivity index (χ4v) is 6.32. The van der Waals surface area contributed by atoms with E-state index >= 15 is 4.39 Å². The van der Waals surface area contributed by atoms with Gasteiger partial charge in [-0.3, -0.25) is 4.79 Å². The molecule has 2 atom stereocenters. The first-order chi connectivity index (χ1) is 16.8. The minimum atomic E-state index is -0.508. The van der Waals surface area contributed by atoms with Crippen LogP contribution in [-0.4, -0.2) is 45.5 Å². The monoisotopic (exact) mass is 509 g/mol. The topological polar surface area (TPSA) is 56.7 Å². The molecule has 5 rings (SSSR count). The molecule has 8 heteroatoms. The van der Waals surface area contributed by atoms with Crippen molar-refractivity contribution in [2.24, 2.45) is 0 Å². The number of hydrogen-bond donors (Lipinski definition) is 1. The first-order valence-corrected chi connectivity index (χ1v) is 12.7. The van der Waals surface area contributed by atoms with Gasteiger partial charge >= 0.3 is 0 Å². The van der Waals surface area contributed by atoms with Gasteiger partial charge in [0.25, 0.3) is 0 Å². The van der Waals surface area contributed by atoms with Gasteiger partial charge < -0.3 is 14.9 Å². The number of anilines is 1. The largest absolute Gasteiger partial charge is 0.508 e. The van der Waals surface area contributed by atoms with Crippen molar-refractivity contribution in [2.75, 3.05) is 18.0 Å². The lowest BCUT2D eigenvalue weighted by Crippen LogP contribution is -2.59. The number of carbonyl (C=O) groups is 1. The Balaban J connectivity index is 1.61. The minimum Gasteiger partial charge on any atom is -0.508 e. The summed E-state index contributed by atoms with van der Waals surface area (Å²) in [5.41, 5.74) is 1.00.